The second kappa shape index (κ2) is 7.76. The van der Waals surface area contributed by atoms with Gasteiger partial charge >= 0.3 is 0 Å². The van der Waals surface area contributed by atoms with Crippen LogP contribution in [0.2, 0.25) is 0 Å². The number of carbonyl (C=O) groups excluding carboxylic acids is 1. The largest absolute Gasteiger partial charge is 0.484 e. The van der Waals surface area contributed by atoms with Crippen LogP contribution in [0.1, 0.15) is 12.5 Å². The molecule has 1 amide bonds. The van der Waals surface area contributed by atoms with Gasteiger partial charge in [-0.1, -0.05) is 12.1 Å². The monoisotopic (exact) mass is 265 g/mol. The Morgan fingerprint density at radius 3 is 2.53 bits per heavy atom. The van der Waals surface area contributed by atoms with E-state index in [1.54, 1.807) is 0 Å². The molecule has 0 bridgehead atoms. The molecule has 1 unspecified atom stereocenters. The number of ether oxygens (including phenoxy) is 1. The zero-order chi connectivity index (χ0) is 14.3. The van der Waals surface area contributed by atoms with Crippen molar-refractivity contribution in [2.75, 3.05) is 27.2 Å². The first-order valence-corrected chi connectivity index (χ1v) is 6.35. The molecule has 1 atom stereocenters. The van der Waals surface area contributed by atoms with Gasteiger partial charge in [-0.05, 0) is 38.7 Å². The minimum Gasteiger partial charge on any atom is -0.484 e. The summed E-state index contributed by atoms with van der Waals surface area (Å²) in [6.07, 6.45) is 0. The SMILES string of the molecule is CC(CN(C)C)NCc1ccc(OCC(N)=O)cc1. The summed E-state index contributed by atoms with van der Waals surface area (Å²) in [4.78, 5) is 12.7. The Hall–Kier alpha value is -1.59. The van der Waals surface area contributed by atoms with Crippen molar-refractivity contribution in [3.63, 3.8) is 0 Å². The molecule has 0 fully saturated rings. The molecule has 0 saturated heterocycles. The standard InChI is InChI=1S/C14H23N3O2/c1-11(9-17(2)3)16-8-12-4-6-13(7-5-12)19-10-14(15)18/h4-7,11,16H,8-10H2,1-3H3,(H2,15,18). The van der Waals surface area contributed by atoms with Crippen molar-refractivity contribution < 1.29 is 9.53 Å². The molecule has 0 aromatic heterocycles. The highest BCUT2D eigenvalue weighted by molar-refractivity contribution is 5.75. The molecule has 1 rings (SSSR count). The number of nitrogens with two attached hydrogens (primary N) is 1. The molecule has 19 heavy (non-hydrogen) atoms. The fourth-order valence-corrected chi connectivity index (χ4v) is 1.76. The molecule has 0 radical (unpaired) electrons. The van der Waals surface area contributed by atoms with Crippen LogP contribution in [0.5, 0.6) is 5.75 Å². The van der Waals surface area contributed by atoms with E-state index < -0.39 is 5.91 Å². The van der Waals surface area contributed by atoms with Crippen LogP contribution in [0.4, 0.5) is 0 Å². The molecule has 0 aliphatic rings. The van der Waals surface area contributed by atoms with E-state index >= 15 is 0 Å². The van der Waals surface area contributed by atoms with Crippen molar-refractivity contribution in [1.29, 1.82) is 0 Å². The molecular formula is C14H23N3O2. The number of rotatable bonds is 8. The minimum atomic E-state index is -0.469. The van der Waals surface area contributed by atoms with Gasteiger partial charge in [0.05, 0.1) is 0 Å². The van der Waals surface area contributed by atoms with Crippen molar-refractivity contribution in [3.8, 4) is 5.75 Å². The molecule has 0 saturated carbocycles. The van der Waals surface area contributed by atoms with Gasteiger partial charge in [0.1, 0.15) is 5.75 Å². The zero-order valence-electron chi connectivity index (χ0n) is 11.8. The summed E-state index contributed by atoms with van der Waals surface area (Å²) in [5.41, 5.74) is 6.19. The summed E-state index contributed by atoms with van der Waals surface area (Å²) in [5.74, 6) is 0.187. The number of amides is 1. The summed E-state index contributed by atoms with van der Waals surface area (Å²) in [7, 11) is 4.12. The van der Waals surface area contributed by atoms with Gasteiger partial charge in [0.15, 0.2) is 6.61 Å². The van der Waals surface area contributed by atoms with Gasteiger partial charge in [0, 0.05) is 19.1 Å². The van der Waals surface area contributed by atoms with E-state index in [-0.39, 0.29) is 6.61 Å². The molecule has 5 nitrogen and oxygen atoms in total. The van der Waals surface area contributed by atoms with Crippen LogP contribution in [0.3, 0.4) is 0 Å². The lowest BCUT2D eigenvalue weighted by molar-refractivity contribution is -0.119. The molecule has 0 aliphatic carbocycles. The number of likely N-dealkylation sites (N-methyl/N-ethyl adjacent to an activating group) is 1. The molecule has 0 aliphatic heterocycles. The normalized spacial score (nSPS) is 12.4. The van der Waals surface area contributed by atoms with Gasteiger partial charge in [-0.3, -0.25) is 4.79 Å². The summed E-state index contributed by atoms with van der Waals surface area (Å²) in [6, 6.07) is 8.07. The molecular weight excluding hydrogens is 242 g/mol. The van der Waals surface area contributed by atoms with Gasteiger partial charge in [0.2, 0.25) is 0 Å². The van der Waals surface area contributed by atoms with Crippen molar-refractivity contribution in [2.45, 2.75) is 19.5 Å². The topological polar surface area (TPSA) is 67.6 Å². The lowest BCUT2D eigenvalue weighted by Crippen LogP contribution is -2.35. The van der Waals surface area contributed by atoms with Crippen LogP contribution in [-0.2, 0) is 11.3 Å². The maximum absolute atomic E-state index is 10.6. The molecule has 3 N–H and O–H groups in total. The highest BCUT2D eigenvalue weighted by atomic mass is 16.5. The highest BCUT2D eigenvalue weighted by Crippen LogP contribution is 2.12. The predicted molar refractivity (Wildman–Crippen MR) is 76.0 cm³/mol. The van der Waals surface area contributed by atoms with E-state index in [2.05, 4.69) is 31.2 Å². The Morgan fingerprint density at radius 2 is 2.00 bits per heavy atom. The summed E-state index contributed by atoms with van der Waals surface area (Å²) < 4.78 is 5.20. The van der Waals surface area contributed by atoms with Crippen LogP contribution in [0, 0.1) is 0 Å². The van der Waals surface area contributed by atoms with Gasteiger partial charge in [-0.15, -0.1) is 0 Å². The maximum Gasteiger partial charge on any atom is 0.255 e. The van der Waals surface area contributed by atoms with Gasteiger partial charge in [-0.2, -0.15) is 0 Å². The Morgan fingerprint density at radius 1 is 1.37 bits per heavy atom. The van der Waals surface area contributed by atoms with Crippen LogP contribution < -0.4 is 15.8 Å². The quantitative estimate of drug-likeness (QED) is 0.722. The molecule has 106 valence electrons. The number of nitrogens with one attached hydrogen (secondary N) is 1. The van der Waals surface area contributed by atoms with Crippen molar-refractivity contribution in [3.05, 3.63) is 29.8 Å². The number of hydrogen-bond acceptors (Lipinski definition) is 4. The van der Waals surface area contributed by atoms with Crippen LogP contribution >= 0.6 is 0 Å². The van der Waals surface area contributed by atoms with Crippen LogP contribution in [0.25, 0.3) is 0 Å². The average Bonchev–Trinajstić information content (AvgIpc) is 2.34. The van der Waals surface area contributed by atoms with E-state index in [1.165, 1.54) is 5.56 Å². The third kappa shape index (κ3) is 6.79. The first-order chi connectivity index (χ1) is 8.97. The average molecular weight is 265 g/mol. The highest BCUT2D eigenvalue weighted by Gasteiger charge is 2.03. The molecule has 0 heterocycles. The minimum absolute atomic E-state index is 0.0858. The number of nitrogens with zero attached hydrogens (tertiary/aromatic N) is 1. The van der Waals surface area contributed by atoms with Gasteiger partial charge < -0.3 is 20.7 Å². The zero-order valence-corrected chi connectivity index (χ0v) is 11.8. The third-order valence-corrected chi connectivity index (χ3v) is 2.60. The molecule has 5 heteroatoms. The second-order valence-corrected chi connectivity index (χ2v) is 4.94. The summed E-state index contributed by atoms with van der Waals surface area (Å²) in [5, 5.41) is 3.44. The Balaban J connectivity index is 2.37. The fourth-order valence-electron chi connectivity index (χ4n) is 1.76. The van der Waals surface area contributed by atoms with E-state index in [0.717, 1.165) is 13.1 Å². The Bertz CT molecular complexity index is 390. The smallest absolute Gasteiger partial charge is 0.255 e. The second-order valence-electron chi connectivity index (χ2n) is 4.94. The first kappa shape index (κ1) is 15.5. The van der Waals surface area contributed by atoms with E-state index in [0.29, 0.717) is 11.8 Å². The third-order valence-electron chi connectivity index (χ3n) is 2.60. The number of benzene rings is 1. The number of carbonyl (C=O) groups is 1. The Labute approximate surface area is 114 Å². The van der Waals surface area contributed by atoms with Crippen LogP contribution in [0.15, 0.2) is 24.3 Å². The number of primary amides is 1. The molecule has 0 spiro atoms. The first-order valence-electron chi connectivity index (χ1n) is 6.35. The van der Waals surface area contributed by atoms with E-state index in [9.17, 15) is 4.79 Å². The van der Waals surface area contributed by atoms with E-state index in [4.69, 9.17) is 10.5 Å². The predicted octanol–water partition coefficient (Wildman–Crippen LogP) is 0.590. The Kier molecular flexibility index (Phi) is 6.32. The van der Waals surface area contributed by atoms with Crippen LogP contribution in [-0.4, -0.2) is 44.1 Å². The van der Waals surface area contributed by atoms with E-state index in [1.807, 2.05) is 24.3 Å². The van der Waals surface area contributed by atoms with Gasteiger partial charge in [-0.25, -0.2) is 0 Å². The number of hydrogen-bond donors (Lipinski definition) is 2. The van der Waals surface area contributed by atoms with Crippen molar-refractivity contribution >= 4 is 5.91 Å². The molecule has 1 aromatic rings. The summed E-state index contributed by atoms with van der Waals surface area (Å²) in [6.45, 7) is 3.88. The summed E-state index contributed by atoms with van der Waals surface area (Å²) >= 11 is 0. The fraction of sp³-hybridized carbons (Fsp3) is 0.500. The van der Waals surface area contributed by atoms with Gasteiger partial charge in [0.25, 0.3) is 5.91 Å². The lowest BCUT2D eigenvalue weighted by Gasteiger charge is -2.18. The van der Waals surface area contributed by atoms with Crippen molar-refractivity contribution in [2.24, 2.45) is 5.73 Å². The van der Waals surface area contributed by atoms with Crippen molar-refractivity contribution in [1.82, 2.24) is 10.2 Å². The lowest BCUT2D eigenvalue weighted by atomic mass is 10.2. The molecule has 1 aromatic carbocycles. The maximum atomic E-state index is 10.6.